The number of esters is 1. The average molecular weight is 438 g/mol. The number of carbonyl (C=O) groups is 2. The number of fused-ring (bicyclic) bond motifs is 1. The zero-order valence-corrected chi connectivity index (χ0v) is 17.3. The largest absolute Gasteiger partial charge is 0.497 e. The Labute approximate surface area is 182 Å². The fourth-order valence-electron chi connectivity index (χ4n) is 2.94. The number of amidine groups is 2. The molecule has 2 aliphatic rings. The number of allylic oxidation sites excluding steroid dienone is 1. The highest BCUT2D eigenvalue weighted by molar-refractivity contribution is 6.33. The maximum Gasteiger partial charge on any atom is 0.343 e. The Kier molecular flexibility index (Phi) is 5.31. The smallest absolute Gasteiger partial charge is 0.343 e. The van der Waals surface area contributed by atoms with Crippen LogP contribution in [0.3, 0.4) is 0 Å². The van der Waals surface area contributed by atoms with E-state index in [0.717, 1.165) is 0 Å². The van der Waals surface area contributed by atoms with Crippen LogP contribution in [0.25, 0.3) is 6.08 Å². The standard InChI is InChI=1S/C22H16ClN3O5/c1-12-9-19-25-21(27)16(20(24)26(19)31-12)10-13-3-8-18(17(23)11-13)30-22(28)14-4-6-15(29-2)7-5-14/h3-11,24H,1-2H3/b16-10+,24-20?. The average Bonchev–Trinajstić information content (AvgIpc) is 3.13. The minimum Gasteiger partial charge on any atom is -0.497 e. The maximum atomic E-state index is 12.3. The number of ether oxygens (including phenoxy) is 2. The van der Waals surface area contributed by atoms with Crippen LogP contribution in [0.1, 0.15) is 22.8 Å². The number of nitrogens with zero attached hydrogens (tertiary/aromatic N) is 2. The molecule has 0 atom stereocenters. The Morgan fingerprint density at radius 2 is 1.97 bits per heavy atom. The first kappa shape index (κ1) is 20.4. The Hall–Kier alpha value is -3.91. The molecule has 2 heterocycles. The molecule has 4 rings (SSSR count). The van der Waals surface area contributed by atoms with Crippen LogP contribution in [0.2, 0.25) is 5.02 Å². The summed E-state index contributed by atoms with van der Waals surface area (Å²) in [5.74, 6) is 0.322. The van der Waals surface area contributed by atoms with Crippen LogP contribution in [-0.2, 0) is 9.63 Å². The van der Waals surface area contributed by atoms with Crippen LogP contribution in [0, 0.1) is 5.41 Å². The van der Waals surface area contributed by atoms with Crippen molar-refractivity contribution >= 4 is 41.2 Å². The molecule has 156 valence electrons. The highest BCUT2D eigenvalue weighted by atomic mass is 35.5. The van der Waals surface area contributed by atoms with E-state index in [1.54, 1.807) is 43.3 Å². The van der Waals surface area contributed by atoms with Gasteiger partial charge in [-0.05, 0) is 55.0 Å². The Balaban J connectivity index is 1.53. The fraction of sp³-hybridized carbons (Fsp3) is 0.0909. The third kappa shape index (κ3) is 4.06. The molecule has 1 amide bonds. The number of nitrogens with one attached hydrogen (secondary N) is 1. The second kappa shape index (κ2) is 8.08. The van der Waals surface area contributed by atoms with E-state index < -0.39 is 11.9 Å². The van der Waals surface area contributed by atoms with Crippen molar-refractivity contribution in [3.63, 3.8) is 0 Å². The first-order valence-electron chi connectivity index (χ1n) is 9.11. The SMILES string of the molecule is COc1ccc(C(=O)Oc2ccc(/C=C3\C(=N)N4OC(C)=CC4=NC3=O)cc2Cl)cc1. The topological polar surface area (TPSA) is 101 Å². The molecule has 2 aromatic carbocycles. The molecule has 0 unspecified atom stereocenters. The Morgan fingerprint density at radius 1 is 1.23 bits per heavy atom. The predicted octanol–water partition coefficient (Wildman–Crippen LogP) is 4.02. The highest BCUT2D eigenvalue weighted by Gasteiger charge is 2.34. The van der Waals surface area contributed by atoms with Gasteiger partial charge in [-0.1, -0.05) is 17.7 Å². The minimum absolute atomic E-state index is 0.0471. The van der Waals surface area contributed by atoms with Crippen molar-refractivity contribution in [3.05, 3.63) is 76.0 Å². The fourth-order valence-corrected chi connectivity index (χ4v) is 3.17. The molecule has 9 heteroatoms. The van der Waals surface area contributed by atoms with Crippen molar-refractivity contribution in [2.45, 2.75) is 6.92 Å². The first-order chi connectivity index (χ1) is 14.9. The van der Waals surface area contributed by atoms with E-state index in [4.69, 9.17) is 31.3 Å². The summed E-state index contributed by atoms with van der Waals surface area (Å²) in [5.41, 5.74) is 0.920. The molecule has 0 saturated carbocycles. The van der Waals surface area contributed by atoms with Crippen molar-refractivity contribution < 1.29 is 23.9 Å². The van der Waals surface area contributed by atoms with Gasteiger partial charge in [0.15, 0.2) is 11.7 Å². The molecule has 0 aromatic heterocycles. The lowest BCUT2D eigenvalue weighted by Crippen LogP contribution is -2.38. The number of hydrogen-bond acceptors (Lipinski definition) is 6. The van der Waals surface area contributed by atoms with E-state index in [9.17, 15) is 9.59 Å². The van der Waals surface area contributed by atoms with Gasteiger partial charge in [0, 0.05) is 6.08 Å². The van der Waals surface area contributed by atoms with E-state index in [2.05, 4.69) is 4.99 Å². The van der Waals surface area contributed by atoms with Crippen molar-refractivity contribution in [2.75, 3.05) is 7.11 Å². The van der Waals surface area contributed by atoms with E-state index >= 15 is 0 Å². The summed E-state index contributed by atoms with van der Waals surface area (Å²) in [4.78, 5) is 34.0. The molecule has 1 N–H and O–H groups in total. The lowest BCUT2D eigenvalue weighted by molar-refractivity contribution is -0.114. The molecule has 0 aliphatic carbocycles. The molecule has 8 nitrogen and oxygen atoms in total. The lowest BCUT2D eigenvalue weighted by atomic mass is 10.1. The molecule has 0 saturated heterocycles. The number of hydrogen-bond donors (Lipinski definition) is 1. The number of hydroxylamine groups is 2. The number of amides is 1. The Morgan fingerprint density at radius 3 is 2.65 bits per heavy atom. The monoisotopic (exact) mass is 437 g/mol. The maximum absolute atomic E-state index is 12.3. The van der Waals surface area contributed by atoms with Crippen molar-refractivity contribution in [2.24, 2.45) is 4.99 Å². The van der Waals surface area contributed by atoms with Crippen LogP contribution in [0.5, 0.6) is 11.5 Å². The van der Waals surface area contributed by atoms with E-state index in [1.807, 2.05) is 0 Å². The van der Waals surface area contributed by atoms with Gasteiger partial charge in [-0.2, -0.15) is 4.99 Å². The molecule has 0 spiro atoms. The van der Waals surface area contributed by atoms with Crippen LogP contribution >= 0.6 is 11.6 Å². The van der Waals surface area contributed by atoms with Crippen molar-refractivity contribution in [1.82, 2.24) is 5.06 Å². The normalized spacial score (nSPS) is 16.5. The summed E-state index contributed by atoms with van der Waals surface area (Å²) in [6, 6.07) is 11.1. The zero-order valence-electron chi connectivity index (χ0n) is 16.5. The first-order valence-corrected chi connectivity index (χ1v) is 9.49. The van der Waals surface area contributed by atoms with Crippen LogP contribution in [0.4, 0.5) is 0 Å². The van der Waals surface area contributed by atoms with Crippen molar-refractivity contribution in [3.8, 4) is 11.5 Å². The number of methoxy groups -OCH3 is 1. The molecule has 2 aromatic rings. The van der Waals surface area contributed by atoms with Gasteiger partial charge in [-0.15, -0.1) is 5.06 Å². The number of carbonyl (C=O) groups excluding carboxylic acids is 2. The van der Waals surface area contributed by atoms with Crippen LogP contribution in [-0.4, -0.2) is 35.7 Å². The van der Waals surface area contributed by atoms with Crippen molar-refractivity contribution in [1.29, 1.82) is 5.41 Å². The second-order valence-corrected chi connectivity index (χ2v) is 7.04. The van der Waals surface area contributed by atoms with Crippen LogP contribution < -0.4 is 9.47 Å². The summed E-state index contributed by atoms with van der Waals surface area (Å²) >= 11 is 6.27. The number of benzene rings is 2. The van der Waals surface area contributed by atoms with Gasteiger partial charge < -0.3 is 14.3 Å². The highest BCUT2D eigenvalue weighted by Crippen LogP contribution is 2.29. The second-order valence-electron chi connectivity index (χ2n) is 6.63. The van der Waals surface area contributed by atoms with Gasteiger partial charge in [0.1, 0.15) is 17.3 Å². The third-order valence-electron chi connectivity index (χ3n) is 4.48. The predicted molar refractivity (Wildman–Crippen MR) is 114 cm³/mol. The third-order valence-corrected chi connectivity index (χ3v) is 4.77. The van der Waals surface area contributed by atoms with Gasteiger partial charge in [-0.3, -0.25) is 10.2 Å². The number of rotatable bonds is 4. The van der Waals surface area contributed by atoms with Crippen LogP contribution in [0.15, 0.2) is 64.9 Å². The van der Waals surface area contributed by atoms with Gasteiger partial charge >= 0.3 is 5.97 Å². The van der Waals surface area contributed by atoms with E-state index in [-0.39, 0.29) is 28.0 Å². The molecule has 0 bridgehead atoms. The van der Waals surface area contributed by atoms with Gasteiger partial charge in [-0.25, -0.2) is 4.79 Å². The summed E-state index contributed by atoms with van der Waals surface area (Å²) in [7, 11) is 1.54. The minimum atomic E-state index is -0.573. The number of aliphatic imine (C=N–C) groups is 1. The Bertz CT molecular complexity index is 1200. The molecule has 0 radical (unpaired) electrons. The number of halogens is 1. The molecular weight excluding hydrogens is 422 g/mol. The van der Waals surface area contributed by atoms with E-state index in [0.29, 0.717) is 22.6 Å². The summed E-state index contributed by atoms with van der Waals surface area (Å²) in [6.45, 7) is 1.70. The van der Waals surface area contributed by atoms with E-state index in [1.165, 1.54) is 30.4 Å². The molecule has 31 heavy (non-hydrogen) atoms. The van der Waals surface area contributed by atoms with Gasteiger partial charge in [0.2, 0.25) is 0 Å². The molecular formula is C22H16ClN3O5. The summed E-state index contributed by atoms with van der Waals surface area (Å²) < 4.78 is 10.4. The molecule has 2 aliphatic heterocycles. The van der Waals surface area contributed by atoms with Gasteiger partial charge in [0.25, 0.3) is 5.91 Å². The lowest BCUT2D eigenvalue weighted by Gasteiger charge is -2.23. The zero-order chi connectivity index (χ0) is 22.1. The summed E-state index contributed by atoms with van der Waals surface area (Å²) in [5, 5.41) is 9.59. The quantitative estimate of drug-likeness (QED) is 0.440. The molecule has 0 fully saturated rings. The summed E-state index contributed by atoms with van der Waals surface area (Å²) in [6.07, 6.45) is 3.05. The van der Waals surface area contributed by atoms with Gasteiger partial charge in [0.05, 0.1) is 23.3 Å².